The molecule has 0 radical (unpaired) electrons. The highest BCUT2D eigenvalue weighted by atomic mass is 35.5. The van der Waals surface area contributed by atoms with E-state index in [1.54, 1.807) is 16.8 Å². The number of benzene rings is 2. The number of hydrogen-bond acceptors (Lipinski definition) is 6. The van der Waals surface area contributed by atoms with Crippen molar-refractivity contribution in [1.82, 2.24) is 24.6 Å². The molecule has 0 aliphatic carbocycles. The van der Waals surface area contributed by atoms with Crippen molar-refractivity contribution in [3.8, 4) is 16.9 Å². The van der Waals surface area contributed by atoms with E-state index in [0.717, 1.165) is 31.7 Å². The van der Waals surface area contributed by atoms with Gasteiger partial charge in [-0.25, -0.2) is 14.1 Å². The van der Waals surface area contributed by atoms with Crippen LogP contribution in [0.1, 0.15) is 19.3 Å². The molecule has 2 aromatic carbocycles. The average molecular weight is 466 g/mol. The lowest BCUT2D eigenvalue weighted by molar-refractivity contribution is 0.237. The minimum atomic E-state index is -0.328. The number of rotatable bonds is 6. The van der Waals surface area contributed by atoms with Crippen molar-refractivity contribution in [2.75, 3.05) is 37.2 Å². The number of fused-ring (bicyclic) bond motifs is 1. The van der Waals surface area contributed by atoms with Crippen LogP contribution in [0.4, 0.5) is 16.2 Å². The summed E-state index contributed by atoms with van der Waals surface area (Å²) in [7, 11) is 0. The third kappa shape index (κ3) is 4.49. The van der Waals surface area contributed by atoms with Gasteiger partial charge < -0.3 is 16.0 Å². The largest absolute Gasteiger partial charge is 0.383 e. The van der Waals surface area contributed by atoms with E-state index in [1.807, 2.05) is 24.3 Å². The Hall–Kier alpha value is -3.23. The molecule has 0 bridgehead atoms. The maximum atomic E-state index is 13.4. The zero-order valence-corrected chi connectivity index (χ0v) is 18.9. The number of nitrogens with two attached hydrogens (primary N) is 1. The first-order chi connectivity index (χ1) is 16.1. The Morgan fingerprint density at radius 3 is 2.52 bits per heavy atom. The predicted octanol–water partition coefficient (Wildman–Crippen LogP) is 4.76. The molecule has 9 heteroatoms. The Morgan fingerprint density at radius 2 is 1.76 bits per heavy atom. The standard InChI is InChI=1S/C24H25ClFN7/c25-19-7-3-2-6-18(19)21-20-22(27)33(17-10-8-16(26)9-11-17)31-23(20)30-24(29-21)28-12-15-32-13-4-1-5-14-32/h2-3,6-11H,1,4-5,12-15,27H2,(H,28,30,31). The van der Waals surface area contributed by atoms with Gasteiger partial charge in [-0.2, -0.15) is 4.98 Å². The van der Waals surface area contributed by atoms with Crippen molar-refractivity contribution < 1.29 is 4.39 Å². The summed E-state index contributed by atoms with van der Waals surface area (Å²) < 4.78 is 15.0. The normalized spacial score (nSPS) is 14.6. The lowest BCUT2D eigenvalue weighted by atomic mass is 10.1. The van der Waals surface area contributed by atoms with Gasteiger partial charge in [0, 0.05) is 23.7 Å². The lowest BCUT2D eigenvalue weighted by Crippen LogP contribution is -2.33. The van der Waals surface area contributed by atoms with E-state index in [2.05, 4.69) is 20.3 Å². The van der Waals surface area contributed by atoms with E-state index in [4.69, 9.17) is 22.3 Å². The van der Waals surface area contributed by atoms with Gasteiger partial charge in [-0.3, -0.25) is 0 Å². The summed E-state index contributed by atoms with van der Waals surface area (Å²) in [5, 5.41) is 9.12. The number of nitrogens with one attached hydrogen (secondary N) is 1. The quantitative estimate of drug-likeness (QED) is 0.427. The maximum absolute atomic E-state index is 13.4. The van der Waals surface area contributed by atoms with Gasteiger partial charge in [-0.15, -0.1) is 5.10 Å². The Labute approximate surface area is 196 Å². The summed E-state index contributed by atoms with van der Waals surface area (Å²) in [5.74, 6) is 0.510. The van der Waals surface area contributed by atoms with Crippen molar-refractivity contribution in [3.05, 3.63) is 59.4 Å². The van der Waals surface area contributed by atoms with Crippen LogP contribution in [0.2, 0.25) is 5.02 Å². The number of aromatic nitrogens is 4. The lowest BCUT2D eigenvalue weighted by Gasteiger charge is -2.26. The van der Waals surface area contributed by atoms with Gasteiger partial charge in [-0.1, -0.05) is 36.2 Å². The fourth-order valence-corrected chi connectivity index (χ4v) is 4.45. The first-order valence-corrected chi connectivity index (χ1v) is 11.5. The maximum Gasteiger partial charge on any atom is 0.225 e. The smallest absolute Gasteiger partial charge is 0.225 e. The molecule has 0 spiro atoms. The summed E-state index contributed by atoms with van der Waals surface area (Å²) in [6.45, 7) is 3.91. The molecule has 33 heavy (non-hydrogen) atoms. The highest BCUT2D eigenvalue weighted by molar-refractivity contribution is 6.33. The SMILES string of the molecule is Nc1c2c(-c3ccccc3Cl)nc(NCCN3CCCCC3)nc2nn1-c1ccc(F)cc1. The fourth-order valence-electron chi connectivity index (χ4n) is 4.23. The highest BCUT2D eigenvalue weighted by Crippen LogP contribution is 2.36. The molecule has 2 aromatic heterocycles. The zero-order valence-electron chi connectivity index (χ0n) is 18.1. The van der Waals surface area contributed by atoms with Crippen LogP contribution in [0.15, 0.2) is 48.5 Å². The second kappa shape index (κ2) is 9.33. The molecule has 4 aromatic rings. The first-order valence-electron chi connectivity index (χ1n) is 11.1. The number of nitrogen functional groups attached to an aromatic ring is 1. The minimum Gasteiger partial charge on any atom is -0.383 e. The monoisotopic (exact) mass is 465 g/mol. The number of anilines is 2. The molecular formula is C24H25ClFN7. The molecule has 1 saturated heterocycles. The number of halogens is 2. The van der Waals surface area contributed by atoms with Crippen molar-refractivity contribution in [3.63, 3.8) is 0 Å². The van der Waals surface area contributed by atoms with Crippen LogP contribution in [0.3, 0.4) is 0 Å². The van der Waals surface area contributed by atoms with Crippen LogP contribution in [0, 0.1) is 5.82 Å². The molecule has 3 heterocycles. The number of hydrogen-bond donors (Lipinski definition) is 2. The summed E-state index contributed by atoms with van der Waals surface area (Å²) in [6.07, 6.45) is 3.81. The van der Waals surface area contributed by atoms with Crippen LogP contribution >= 0.6 is 11.6 Å². The van der Waals surface area contributed by atoms with Gasteiger partial charge in [0.15, 0.2) is 5.65 Å². The molecule has 1 fully saturated rings. The number of likely N-dealkylation sites (tertiary alicyclic amines) is 1. The second-order valence-electron chi connectivity index (χ2n) is 8.18. The molecule has 0 atom stereocenters. The Bertz CT molecular complexity index is 1270. The summed E-state index contributed by atoms with van der Waals surface area (Å²) in [5.41, 5.74) is 8.94. The molecule has 7 nitrogen and oxygen atoms in total. The molecule has 170 valence electrons. The molecular weight excluding hydrogens is 441 g/mol. The van der Waals surface area contributed by atoms with Crippen molar-refractivity contribution in [1.29, 1.82) is 0 Å². The zero-order chi connectivity index (χ0) is 22.8. The van der Waals surface area contributed by atoms with Gasteiger partial charge in [0.1, 0.15) is 11.6 Å². The minimum absolute atomic E-state index is 0.328. The molecule has 1 aliphatic rings. The van der Waals surface area contributed by atoms with Crippen molar-refractivity contribution in [2.24, 2.45) is 0 Å². The van der Waals surface area contributed by atoms with Crippen LogP contribution in [-0.4, -0.2) is 50.8 Å². The van der Waals surface area contributed by atoms with Gasteiger partial charge >= 0.3 is 0 Å². The van der Waals surface area contributed by atoms with E-state index in [9.17, 15) is 4.39 Å². The third-order valence-corrected chi connectivity index (χ3v) is 6.26. The molecule has 5 rings (SSSR count). The van der Waals surface area contributed by atoms with Gasteiger partial charge in [-0.05, 0) is 56.3 Å². The van der Waals surface area contributed by atoms with Gasteiger partial charge in [0.2, 0.25) is 5.95 Å². The van der Waals surface area contributed by atoms with E-state index < -0.39 is 0 Å². The summed E-state index contributed by atoms with van der Waals surface area (Å²) >= 11 is 6.51. The van der Waals surface area contributed by atoms with Crippen LogP contribution < -0.4 is 11.1 Å². The van der Waals surface area contributed by atoms with Crippen molar-refractivity contribution >= 4 is 34.4 Å². The van der Waals surface area contributed by atoms with E-state index >= 15 is 0 Å². The Balaban J connectivity index is 1.55. The Morgan fingerprint density at radius 1 is 1.00 bits per heavy atom. The molecule has 3 N–H and O–H groups in total. The summed E-state index contributed by atoms with van der Waals surface area (Å²) in [6, 6.07) is 13.5. The molecule has 1 aliphatic heterocycles. The van der Waals surface area contributed by atoms with E-state index in [1.165, 1.54) is 31.4 Å². The topological polar surface area (TPSA) is 84.9 Å². The summed E-state index contributed by atoms with van der Waals surface area (Å²) in [4.78, 5) is 11.9. The molecule has 0 amide bonds. The second-order valence-corrected chi connectivity index (χ2v) is 8.58. The first kappa shape index (κ1) is 21.6. The molecule has 0 saturated carbocycles. The number of nitrogens with zero attached hydrogens (tertiary/aromatic N) is 5. The molecule has 0 unspecified atom stereocenters. The van der Waals surface area contributed by atoms with E-state index in [0.29, 0.717) is 39.2 Å². The highest BCUT2D eigenvalue weighted by Gasteiger charge is 2.20. The van der Waals surface area contributed by atoms with E-state index in [-0.39, 0.29) is 5.82 Å². The Kier molecular flexibility index (Phi) is 6.11. The fraction of sp³-hybridized carbons (Fsp3) is 0.292. The number of piperidine rings is 1. The average Bonchev–Trinajstić information content (AvgIpc) is 3.16. The van der Waals surface area contributed by atoms with Gasteiger partial charge in [0.05, 0.1) is 16.8 Å². The third-order valence-electron chi connectivity index (χ3n) is 5.93. The van der Waals surface area contributed by atoms with Crippen LogP contribution in [-0.2, 0) is 0 Å². The van der Waals surface area contributed by atoms with Crippen LogP contribution in [0.5, 0.6) is 0 Å². The van der Waals surface area contributed by atoms with Crippen molar-refractivity contribution in [2.45, 2.75) is 19.3 Å². The van der Waals surface area contributed by atoms with Gasteiger partial charge in [0.25, 0.3) is 0 Å². The van der Waals surface area contributed by atoms with Crippen LogP contribution in [0.25, 0.3) is 28.0 Å². The predicted molar refractivity (Wildman–Crippen MR) is 130 cm³/mol.